The number of pyridine rings is 1. The van der Waals surface area contributed by atoms with Crippen LogP contribution in [0.5, 0.6) is 0 Å². The van der Waals surface area contributed by atoms with Gasteiger partial charge < -0.3 is 10.4 Å². The molecule has 0 aliphatic carbocycles. The van der Waals surface area contributed by atoms with Crippen molar-refractivity contribution < 1.29 is 9.90 Å². The third-order valence-corrected chi connectivity index (χ3v) is 3.30. The van der Waals surface area contributed by atoms with Crippen molar-refractivity contribution >= 4 is 27.7 Å². The summed E-state index contributed by atoms with van der Waals surface area (Å²) in [5.41, 5.74) is 1.45. The van der Waals surface area contributed by atoms with Gasteiger partial charge in [-0.15, -0.1) is 0 Å². The predicted octanol–water partition coefficient (Wildman–Crippen LogP) is 3.59. The van der Waals surface area contributed by atoms with Crippen molar-refractivity contribution in [1.29, 1.82) is 0 Å². The Kier molecular flexibility index (Phi) is 5.12. The number of aromatic nitrogens is 1. The second kappa shape index (κ2) is 7.05. The van der Waals surface area contributed by atoms with E-state index in [0.29, 0.717) is 16.8 Å². The summed E-state index contributed by atoms with van der Waals surface area (Å²) in [4.78, 5) is 15.2. The summed E-state index contributed by atoms with van der Waals surface area (Å²) in [7, 11) is 0. The molecule has 0 aliphatic rings. The van der Waals surface area contributed by atoms with Crippen LogP contribution in [0, 0.1) is 0 Å². The maximum atomic E-state index is 11.1. The molecule has 5 heteroatoms. The van der Waals surface area contributed by atoms with E-state index in [-0.39, 0.29) is 5.56 Å². The molecular weight excluding hydrogens is 320 g/mol. The number of carbonyl (C=O) groups is 1. The van der Waals surface area contributed by atoms with Crippen LogP contribution >= 0.6 is 15.9 Å². The van der Waals surface area contributed by atoms with Gasteiger partial charge >= 0.3 is 5.97 Å². The van der Waals surface area contributed by atoms with Crippen LogP contribution < -0.4 is 5.32 Å². The van der Waals surface area contributed by atoms with Crippen LogP contribution in [0.2, 0.25) is 0 Å². The third-order valence-electron chi connectivity index (χ3n) is 2.86. The highest BCUT2D eigenvalue weighted by Gasteiger charge is 2.11. The maximum Gasteiger partial charge on any atom is 0.339 e. The molecule has 2 rings (SSSR count). The van der Waals surface area contributed by atoms with Crippen molar-refractivity contribution in [3.05, 3.63) is 58.2 Å². The zero-order valence-corrected chi connectivity index (χ0v) is 12.4. The largest absolute Gasteiger partial charge is 0.478 e. The number of halogens is 1. The van der Waals surface area contributed by atoms with Crippen LogP contribution in [0.1, 0.15) is 22.3 Å². The molecule has 104 valence electrons. The lowest BCUT2D eigenvalue weighted by atomic mass is 10.1. The molecule has 2 aromatic rings. The van der Waals surface area contributed by atoms with Gasteiger partial charge in [0, 0.05) is 17.2 Å². The number of aromatic carboxylic acids is 1. The fraction of sp³-hybridized carbons (Fsp3) is 0.200. The van der Waals surface area contributed by atoms with E-state index in [0.717, 1.165) is 12.8 Å². The van der Waals surface area contributed by atoms with Crippen molar-refractivity contribution in [2.75, 3.05) is 11.9 Å². The maximum absolute atomic E-state index is 11.1. The van der Waals surface area contributed by atoms with Crippen LogP contribution in [-0.4, -0.2) is 22.6 Å². The molecule has 0 aliphatic heterocycles. The first-order valence-electron chi connectivity index (χ1n) is 6.33. The summed E-state index contributed by atoms with van der Waals surface area (Å²) < 4.78 is 0.657. The van der Waals surface area contributed by atoms with E-state index in [4.69, 9.17) is 5.11 Å². The summed E-state index contributed by atoms with van der Waals surface area (Å²) in [5.74, 6) is -0.571. The highest BCUT2D eigenvalue weighted by atomic mass is 79.9. The van der Waals surface area contributed by atoms with Crippen molar-refractivity contribution in [2.24, 2.45) is 0 Å². The van der Waals surface area contributed by atoms with E-state index in [1.807, 2.05) is 18.2 Å². The van der Waals surface area contributed by atoms with Gasteiger partial charge in [0.1, 0.15) is 11.4 Å². The average Bonchev–Trinajstić information content (AvgIpc) is 2.45. The first-order chi connectivity index (χ1) is 9.66. The van der Waals surface area contributed by atoms with Crippen molar-refractivity contribution in [3.8, 4) is 0 Å². The molecular formula is C15H15BrN2O2. The summed E-state index contributed by atoms with van der Waals surface area (Å²) in [6.07, 6.45) is 3.46. The van der Waals surface area contributed by atoms with Crippen LogP contribution in [0.4, 0.5) is 5.82 Å². The zero-order chi connectivity index (χ0) is 14.4. The molecule has 0 atom stereocenters. The van der Waals surface area contributed by atoms with E-state index in [1.165, 1.54) is 5.56 Å². The summed E-state index contributed by atoms with van der Waals surface area (Å²) in [5, 5.41) is 12.2. The Hall–Kier alpha value is -1.88. The minimum atomic E-state index is -0.982. The number of hydrogen-bond acceptors (Lipinski definition) is 3. The van der Waals surface area contributed by atoms with Gasteiger partial charge in [-0.2, -0.15) is 0 Å². The second-order valence-electron chi connectivity index (χ2n) is 4.37. The Bertz CT molecular complexity index is 588. The Morgan fingerprint density at radius 2 is 2.05 bits per heavy atom. The molecule has 1 aromatic heterocycles. The quantitative estimate of drug-likeness (QED) is 0.792. The summed E-state index contributed by atoms with van der Waals surface area (Å²) >= 11 is 3.22. The normalized spacial score (nSPS) is 10.2. The molecule has 2 N–H and O–H groups in total. The standard InChI is InChI=1S/C15H15BrN2O2/c16-12-9-13(15(19)20)14(18-10-12)17-8-4-7-11-5-2-1-3-6-11/h1-3,5-6,9-10H,4,7-8H2,(H,17,18)(H,19,20). The Morgan fingerprint density at radius 3 is 2.75 bits per heavy atom. The van der Waals surface area contributed by atoms with Gasteiger partial charge in [0.25, 0.3) is 0 Å². The fourth-order valence-electron chi connectivity index (χ4n) is 1.89. The summed E-state index contributed by atoms with van der Waals surface area (Å²) in [6.45, 7) is 0.684. The van der Waals surface area contributed by atoms with Gasteiger partial charge in [0.2, 0.25) is 0 Å². The topological polar surface area (TPSA) is 62.2 Å². The van der Waals surface area contributed by atoms with Crippen molar-refractivity contribution in [3.63, 3.8) is 0 Å². The van der Waals surface area contributed by atoms with Gasteiger partial charge in [-0.05, 0) is 40.4 Å². The van der Waals surface area contributed by atoms with Crippen LogP contribution in [-0.2, 0) is 6.42 Å². The molecule has 0 unspecified atom stereocenters. The van der Waals surface area contributed by atoms with E-state index >= 15 is 0 Å². The second-order valence-corrected chi connectivity index (χ2v) is 5.29. The highest BCUT2D eigenvalue weighted by molar-refractivity contribution is 9.10. The zero-order valence-electron chi connectivity index (χ0n) is 10.8. The average molecular weight is 335 g/mol. The minimum Gasteiger partial charge on any atom is -0.478 e. The lowest BCUT2D eigenvalue weighted by molar-refractivity contribution is 0.0697. The molecule has 0 amide bonds. The van der Waals surface area contributed by atoms with Crippen LogP contribution in [0.3, 0.4) is 0 Å². The fourth-order valence-corrected chi connectivity index (χ4v) is 2.22. The Balaban J connectivity index is 1.90. The van der Waals surface area contributed by atoms with E-state index in [1.54, 1.807) is 12.3 Å². The van der Waals surface area contributed by atoms with Gasteiger partial charge in [0.15, 0.2) is 0 Å². The first kappa shape index (κ1) is 14.5. The number of nitrogens with one attached hydrogen (secondary N) is 1. The van der Waals surface area contributed by atoms with E-state index in [9.17, 15) is 4.79 Å². The molecule has 20 heavy (non-hydrogen) atoms. The number of rotatable bonds is 6. The Morgan fingerprint density at radius 1 is 1.30 bits per heavy atom. The first-order valence-corrected chi connectivity index (χ1v) is 7.13. The van der Waals surface area contributed by atoms with Crippen LogP contribution in [0.25, 0.3) is 0 Å². The summed E-state index contributed by atoms with van der Waals surface area (Å²) in [6, 6.07) is 11.7. The number of aryl methyl sites for hydroxylation is 1. The smallest absolute Gasteiger partial charge is 0.339 e. The molecule has 0 saturated heterocycles. The van der Waals surface area contributed by atoms with Gasteiger partial charge in [-0.1, -0.05) is 30.3 Å². The molecule has 0 radical (unpaired) electrons. The lowest BCUT2D eigenvalue weighted by Crippen LogP contribution is -2.10. The number of carboxylic acid groups (broad SMARTS) is 1. The number of carboxylic acids is 1. The van der Waals surface area contributed by atoms with Gasteiger partial charge in [0.05, 0.1) is 0 Å². The van der Waals surface area contributed by atoms with Gasteiger partial charge in [-0.3, -0.25) is 0 Å². The minimum absolute atomic E-state index is 0.180. The molecule has 0 saturated carbocycles. The number of benzene rings is 1. The number of anilines is 1. The molecule has 1 heterocycles. The molecule has 0 spiro atoms. The van der Waals surface area contributed by atoms with Crippen molar-refractivity contribution in [2.45, 2.75) is 12.8 Å². The lowest BCUT2D eigenvalue weighted by Gasteiger charge is -2.08. The third kappa shape index (κ3) is 4.06. The molecule has 4 nitrogen and oxygen atoms in total. The number of nitrogens with zero attached hydrogens (tertiary/aromatic N) is 1. The van der Waals surface area contributed by atoms with E-state index < -0.39 is 5.97 Å². The van der Waals surface area contributed by atoms with Crippen LogP contribution in [0.15, 0.2) is 47.1 Å². The highest BCUT2D eigenvalue weighted by Crippen LogP contribution is 2.18. The van der Waals surface area contributed by atoms with Gasteiger partial charge in [-0.25, -0.2) is 9.78 Å². The number of hydrogen-bond donors (Lipinski definition) is 2. The molecule has 0 fully saturated rings. The van der Waals surface area contributed by atoms with E-state index in [2.05, 4.69) is 38.4 Å². The predicted molar refractivity (Wildman–Crippen MR) is 82.1 cm³/mol. The van der Waals surface area contributed by atoms with Crippen molar-refractivity contribution in [1.82, 2.24) is 4.98 Å². The monoisotopic (exact) mass is 334 g/mol. The SMILES string of the molecule is O=C(O)c1cc(Br)cnc1NCCCc1ccccc1. The molecule has 0 bridgehead atoms. The Labute approximate surface area is 126 Å². The molecule has 1 aromatic carbocycles.